The van der Waals surface area contributed by atoms with E-state index in [0.717, 1.165) is 17.5 Å². The van der Waals surface area contributed by atoms with Gasteiger partial charge in [0, 0.05) is 24.7 Å². The first-order valence-corrected chi connectivity index (χ1v) is 7.47. The monoisotopic (exact) mass is 298 g/mol. The van der Waals surface area contributed by atoms with Crippen molar-refractivity contribution in [3.05, 3.63) is 70.5 Å². The van der Waals surface area contributed by atoms with Crippen molar-refractivity contribution in [2.75, 3.05) is 6.54 Å². The van der Waals surface area contributed by atoms with Crippen LogP contribution in [-0.4, -0.2) is 17.4 Å². The lowest BCUT2D eigenvalue weighted by atomic mass is 9.95. The van der Waals surface area contributed by atoms with E-state index in [2.05, 4.69) is 18.2 Å². The molecule has 0 fully saturated rings. The summed E-state index contributed by atoms with van der Waals surface area (Å²) in [7, 11) is 0. The summed E-state index contributed by atoms with van der Waals surface area (Å²) in [6.45, 7) is 3.21. The molecule has 0 aliphatic carbocycles. The van der Waals surface area contributed by atoms with E-state index in [0.29, 0.717) is 18.7 Å². The van der Waals surface area contributed by atoms with Crippen molar-refractivity contribution in [1.29, 1.82) is 0 Å². The number of halogens is 1. The van der Waals surface area contributed by atoms with Crippen LogP contribution in [0.5, 0.6) is 0 Å². The lowest BCUT2D eigenvalue weighted by Gasteiger charge is -2.29. The Morgan fingerprint density at radius 3 is 2.59 bits per heavy atom. The first kappa shape index (κ1) is 14.7. The molecule has 3 rings (SSSR count). The largest absolute Gasteiger partial charge is 0.334 e. The minimum Gasteiger partial charge on any atom is -0.334 e. The second-order valence-electron chi connectivity index (χ2n) is 5.80. The zero-order valence-electron chi connectivity index (χ0n) is 12.6. The molecule has 0 saturated carbocycles. The quantitative estimate of drug-likeness (QED) is 0.926. The van der Waals surface area contributed by atoms with Gasteiger partial charge in [0.15, 0.2) is 0 Å². The van der Waals surface area contributed by atoms with Crippen LogP contribution in [0.3, 0.4) is 0 Å². The number of nitrogens with zero attached hydrogens (tertiary/aromatic N) is 1. The first-order valence-electron chi connectivity index (χ1n) is 7.47. The van der Waals surface area contributed by atoms with Crippen LogP contribution in [0, 0.1) is 5.82 Å². The molecular formula is C18H19FN2O. The Morgan fingerprint density at radius 1 is 1.18 bits per heavy atom. The van der Waals surface area contributed by atoms with Gasteiger partial charge >= 0.3 is 0 Å². The summed E-state index contributed by atoms with van der Waals surface area (Å²) in [5, 5.41) is 0. The van der Waals surface area contributed by atoms with Crippen molar-refractivity contribution >= 4 is 5.91 Å². The van der Waals surface area contributed by atoms with E-state index in [-0.39, 0.29) is 17.8 Å². The van der Waals surface area contributed by atoms with Gasteiger partial charge < -0.3 is 10.6 Å². The van der Waals surface area contributed by atoms with E-state index in [1.807, 2.05) is 6.92 Å². The minimum absolute atomic E-state index is 0.0199. The maximum absolute atomic E-state index is 13.0. The molecule has 2 aromatic carbocycles. The Kier molecular flexibility index (Phi) is 3.94. The van der Waals surface area contributed by atoms with Gasteiger partial charge in [-0.2, -0.15) is 0 Å². The Balaban J connectivity index is 1.82. The number of nitrogens with two attached hydrogens (primary N) is 1. The predicted octanol–water partition coefficient (Wildman–Crippen LogP) is 3.04. The van der Waals surface area contributed by atoms with Gasteiger partial charge in [-0.05, 0) is 54.3 Å². The number of fused-ring (bicyclic) bond motifs is 1. The first-order chi connectivity index (χ1) is 10.5. The summed E-state index contributed by atoms with van der Waals surface area (Å²) in [5.74, 6) is -0.390. The van der Waals surface area contributed by atoms with Crippen LogP contribution in [0.4, 0.5) is 4.39 Å². The van der Waals surface area contributed by atoms with Crippen LogP contribution in [0.1, 0.15) is 40.0 Å². The molecule has 0 bridgehead atoms. The molecule has 114 valence electrons. The fraction of sp³-hybridized carbons (Fsp3) is 0.278. The van der Waals surface area contributed by atoms with Crippen molar-refractivity contribution in [1.82, 2.24) is 4.90 Å². The molecule has 1 aliphatic rings. The molecule has 2 N–H and O–H groups in total. The number of hydrogen-bond acceptors (Lipinski definition) is 2. The highest BCUT2D eigenvalue weighted by atomic mass is 19.1. The van der Waals surface area contributed by atoms with Gasteiger partial charge in [-0.25, -0.2) is 4.39 Å². The van der Waals surface area contributed by atoms with Crippen LogP contribution in [0.15, 0.2) is 42.5 Å². The number of benzene rings is 2. The fourth-order valence-electron chi connectivity index (χ4n) is 2.81. The maximum Gasteiger partial charge on any atom is 0.254 e. The van der Waals surface area contributed by atoms with Crippen LogP contribution in [-0.2, 0) is 13.0 Å². The van der Waals surface area contributed by atoms with E-state index in [1.165, 1.54) is 29.8 Å². The molecular weight excluding hydrogens is 279 g/mol. The highest BCUT2D eigenvalue weighted by Crippen LogP contribution is 2.23. The highest BCUT2D eigenvalue weighted by Gasteiger charge is 2.22. The van der Waals surface area contributed by atoms with Gasteiger partial charge in [0.1, 0.15) is 5.82 Å². The molecule has 0 radical (unpaired) electrons. The third-order valence-corrected chi connectivity index (χ3v) is 4.15. The second-order valence-corrected chi connectivity index (χ2v) is 5.80. The molecule has 1 heterocycles. The van der Waals surface area contributed by atoms with Crippen LogP contribution >= 0.6 is 0 Å². The summed E-state index contributed by atoms with van der Waals surface area (Å²) < 4.78 is 13.0. The average Bonchev–Trinajstić information content (AvgIpc) is 2.53. The lowest BCUT2D eigenvalue weighted by molar-refractivity contribution is 0.0734. The molecule has 1 atom stereocenters. The van der Waals surface area contributed by atoms with Crippen molar-refractivity contribution in [3.63, 3.8) is 0 Å². The molecule has 0 saturated heterocycles. The van der Waals surface area contributed by atoms with Crippen molar-refractivity contribution in [2.24, 2.45) is 5.73 Å². The Bertz CT molecular complexity index is 695. The zero-order valence-corrected chi connectivity index (χ0v) is 12.6. The Morgan fingerprint density at radius 2 is 1.91 bits per heavy atom. The number of hydrogen-bond donors (Lipinski definition) is 1. The smallest absolute Gasteiger partial charge is 0.254 e. The molecule has 1 unspecified atom stereocenters. The van der Waals surface area contributed by atoms with E-state index in [9.17, 15) is 9.18 Å². The SMILES string of the molecule is CC(N)c1ccc2c(c1)CN(C(=O)c1ccc(F)cc1)CC2. The molecule has 0 aromatic heterocycles. The van der Waals surface area contributed by atoms with Gasteiger partial charge in [-0.3, -0.25) is 4.79 Å². The molecule has 22 heavy (non-hydrogen) atoms. The summed E-state index contributed by atoms with van der Waals surface area (Å²) in [5.41, 5.74) is 9.95. The topological polar surface area (TPSA) is 46.3 Å². The van der Waals surface area contributed by atoms with Crippen LogP contribution < -0.4 is 5.73 Å². The van der Waals surface area contributed by atoms with Crippen LogP contribution in [0.2, 0.25) is 0 Å². The molecule has 0 spiro atoms. The predicted molar refractivity (Wildman–Crippen MR) is 83.9 cm³/mol. The standard InChI is InChI=1S/C18H19FN2O/c1-12(20)15-3-2-13-8-9-21(11-16(13)10-15)18(22)14-4-6-17(19)7-5-14/h2-7,10,12H,8-9,11,20H2,1H3. The number of carbonyl (C=O) groups excluding carboxylic acids is 1. The van der Waals surface area contributed by atoms with Crippen molar-refractivity contribution < 1.29 is 9.18 Å². The van der Waals surface area contributed by atoms with E-state index < -0.39 is 0 Å². The number of carbonyl (C=O) groups is 1. The van der Waals surface area contributed by atoms with Crippen LogP contribution in [0.25, 0.3) is 0 Å². The van der Waals surface area contributed by atoms with Gasteiger partial charge in [-0.1, -0.05) is 18.2 Å². The van der Waals surface area contributed by atoms with E-state index >= 15 is 0 Å². The second kappa shape index (κ2) is 5.89. The van der Waals surface area contributed by atoms with E-state index in [1.54, 1.807) is 4.90 Å². The van der Waals surface area contributed by atoms with Crippen molar-refractivity contribution in [3.8, 4) is 0 Å². The maximum atomic E-state index is 13.0. The van der Waals surface area contributed by atoms with Gasteiger partial charge in [0.25, 0.3) is 5.91 Å². The third-order valence-electron chi connectivity index (χ3n) is 4.15. The fourth-order valence-corrected chi connectivity index (χ4v) is 2.81. The van der Waals surface area contributed by atoms with E-state index in [4.69, 9.17) is 5.73 Å². The molecule has 1 aliphatic heterocycles. The van der Waals surface area contributed by atoms with Crippen molar-refractivity contribution in [2.45, 2.75) is 25.9 Å². The third kappa shape index (κ3) is 2.88. The lowest BCUT2D eigenvalue weighted by Crippen LogP contribution is -2.36. The van der Waals surface area contributed by atoms with Gasteiger partial charge in [-0.15, -0.1) is 0 Å². The summed E-state index contributed by atoms with van der Waals surface area (Å²) in [4.78, 5) is 14.3. The average molecular weight is 298 g/mol. The highest BCUT2D eigenvalue weighted by molar-refractivity contribution is 5.94. The Hall–Kier alpha value is -2.20. The number of amides is 1. The van der Waals surface area contributed by atoms with Gasteiger partial charge in [0.05, 0.1) is 0 Å². The Labute approximate surface area is 129 Å². The summed E-state index contributed by atoms with van der Waals surface area (Å²) in [6.07, 6.45) is 0.835. The van der Waals surface area contributed by atoms with Gasteiger partial charge in [0.2, 0.25) is 0 Å². The minimum atomic E-state index is -0.331. The number of rotatable bonds is 2. The molecule has 1 amide bonds. The summed E-state index contributed by atoms with van der Waals surface area (Å²) >= 11 is 0. The summed E-state index contributed by atoms with van der Waals surface area (Å²) in [6, 6.07) is 11.9. The normalized spacial score (nSPS) is 15.3. The molecule has 2 aromatic rings. The zero-order chi connectivity index (χ0) is 15.7. The molecule has 3 nitrogen and oxygen atoms in total. The molecule has 4 heteroatoms.